The Morgan fingerprint density at radius 3 is 2.57 bits per heavy atom. The van der Waals surface area contributed by atoms with Crippen molar-refractivity contribution in [2.75, 3.05) is 0 Å². The van der Waals surface area contributed by atoms with E-state index < -0.39 is 5.54 Å². The van der Waals surface area contributed by atoms with Crippen molar-refractivity contribution in [3.63, 3.8) is 0 Å². The van der Waals surface area contributed by atoms with Gasteiger partial charge in [0.1, 0.15) is 5.54 Å². The summed E-state index contributed by atoms with van der Waals surface area (Å²) < 4.78 is 0. The molecule has 0 aromatic carbocycles. The monoisotopic (exact) mass is 283 g/mol. The molecule has 3 rings (SSSR count). The topological polar surface area (TPSA) is 74.1 Å². The summed E-state index contributed by atoms with van der Waals surface area (Å²) in [5, 5.41) is 9.66. The van der Waals surface area contributed by atoms with E-state index in [9.17, 15) is 14.9 Å². The molecule has 108 valence electrons. The number of nitriles is 1. The third-order valence-electron chi connectivity index (χ3n) is 4.83. The third kappa shape index (κ3) is 1.94. The SMILES string of the molecule is CCC1CCC(C#N)(N2C(=O)c3ccncc3C2=O)CC1. The van der Waals surface area contributed by atoms with E-state index >= 15 is 0 Å². The lowest BCUT2D eigenvalue weighted by Crippen LogP contribution is -2.52. The molecule has 1 aromatic heterocycles. The second-order valence-corrected chi connectivity index (χ2v) is 5.86. The Kier molecular flexibility index (Phi) is 3.25. The maximum absolute atomic E-state index is 12.5. The quantitative estimate of drug-likeness (QED) is 0.782. The van der Waals surface area contributed by atoms with Crippen LogP contribution in [0.2, 0.25) is 0 Å². The van der Waals surface area contributed by atoms with E-state index in [0.29, 0.717) is 29.9 Å². The molecule has 21 heavy (non-hydrogen) atoms. The number of nitrogens with zero attached hydrogens (tertiary/aromatic N) is 3. The lowest BCUT2D eigenvalue weighted by molar-refractivity contribution is 0.0414. The number of hydrogen-bond acceptors (Lipinski definition) is 4. The van der Waals surface area contributed by atoms with Crippen molar-refractivity contribution in [1.29, 1.82) is 5.26 Å². The first kappa shape index (κ1) is 13.7. The van der Waals surface area contributed by atoms with Gasteiger partial charge in [0.2, 0.25) is 0 Å². The zero-order valence-corrected chi connectivity index (χ0v) is 12.0. The van der Waals surface area contributed by atoms with Gasteiger partial charge >= 0.3 is 0 Å². The molecule has 0 radical (unpaired) electrons. The molecule has 0 N–H and O–H groups in total. The van der Waals surface area contributed by atoms with Crippen LogP contribution in [-0.2, 0) is 0 Å². The number of carbonyl (C=O) groups is 2. The number of imide groups is 1. The van der Waals surface area contributed by atoms with E-state index in [1.807, 2.05) is 0 Å². The summed E-state index contributed by atoms with van der Waals surface area (Å²) in [5.74, 6) is -0.142. The van der Waals surface area contributed by atoms with E-state index in [1.54, 1.807) is 6.07 Å². The van der Waals surface area contributed by atoms with Crippen LogP contribution < -0.4 is 0 Å². The van der Waals surface area contributed by atoms with Crippen molar-refractivity contribution in [2.24, 2.45) is 5.92 Å². The molecule has 1 fully saturated rings. The van der Waals surface area contributed by atoms with Crippen LogP contribution in [0.25, 0.3) is 0 Å². The molecular formula is C16H17N3O2. The smallest absolute Gasteiger partial charge is 0.264 e. The molecule has 0 bridgehead atoms. The minimum absolute atomic E-state index is 0.315. The van der Waals surface area contributed by atoms with Crippen LogP contribution in [0.3, 0.4) is 0 Å². The van der Waals surface area contributed by atoms with E-state index in [1.165, 1.54) is 17.3 Å². The molecule has 1 aromatic rings. The highest BCUT2D eigenvalue weighted by atomic mass is 16.2. The maximum Gasteiger partial charge on any atom is 0.264 e. The average molecular weight is 283 g/mol. The van der Waals surface area contributed by atoms with Crippen molar-refractivity contribution in [3.8, 4) is 6.07 Å². The van der Waals surface area contributed by atoms with Crippen molar-refractivity contribution >= 4 is 11.8 Å². The summed E-state index contributed by atoms with van der Waals surface area (Å²) in [6, 6.07) is 3.82. The van der Waals surface area contributed by atoms with Crippen molar-refractivity contribution in [1.82, 2.24) is 9.88 Å². The zero-order chi connectivity index (χ0) is 15.0. The van der Waals surface area contributed by atoms with Crippen LogP contribution in [0.5, 0.6) is 0 Å². The number of pyridine rings is 1. The van der Waals surface area contributed by atoms with Gasteiger partial charge in [-0.05, 0) is 37.7 Å². The molecule has 1 aliphatic heterocycles. The number of aromatic nitrogens is 1. The maximum atomic E-state index is 12.5. The lowest BCUT2D eigenvalue weighted by Gasteiger charge is -2.39. The van der Waals surface area contributed by atoms with Gasteiger partial charge in [-0.25, -0.2) is 0 Å². The van der Waals surface area contributed by atoms with E-state index in [4.69, 9.17) is 0 Å². The van der Waals surface area contributed by atoms with E-state index in [-0.39, 0.29) is 11.8 Å². The molecule has 2 aliphatic rings. The number of rotatable bonds is 2. The first-order valence-electron chi connectivity index (χ1n) is 7.37. The van der Waals surface area contributed by atoms with Gasteiger partial charge in [0.05, 0.1) is 17.2 Å². The van der Waals surface area contributed by atoms with E-state index in [0.717, 1.165) is 19.3 Å². The van der Waals surface area contributed by atoms with Gasteiger partial charge in [0, 0.05) is 12.4 Å². The summed E-state index contributed by atoms with van der Waals surface area (Å²) in [6.07, 6.45) is 6.90. The molecular weight excluding hydrogens is 266 g/mol. The molecule has 1 aliphatic carbocycles. The minimum Gasteiger partial charge on any atom is -0.269 e. The molecule has 0 unspecified atom stereocenters. The minimum atomic E-state index is -0.987. The van der Waals surface area contributed by atoms with Gasteiger partial charge < -0.3 is 0 Å². The molecule has 5 heteroatoms. The van der Waals surface area contributed by atoms with Crippen molar-refractivity contribution in [2.45, 2.75) is 44.6 Å². The number of amides is 2. The molecule has 2 amide bonds. The molecule has 1 saturated carbocycles. The molecule has 0 saturated heterocycles. The number of carbonyl (C=O) groups excluding carboxylic acids is 2. The van der Waals surface area contributed by atoms with Crippen LogP contribution in [0.4, 0.5) is 0 Å². The summed E-state index contributed by atoms with van der Waals surface area (Å²) >= 11 is 0. The highest BCUT2D eigenvalue weighted by molar-refractivity contribution is 6.21. The van der Waals surface area contributed by atoms with Crippen molar-refractivity contribution in [3.05, 3.63) is 29.6 Å². The Morgan fingerprint density at radius 2 is 2.00 bits per heavy atom. The summed E-state index contributed by atoms with van der Waals surface area (Å²) in [5.41, 5.74) is -0.309. The van der Waals surface area contributed by atoms with Gasteiger partial charge in [-0.15, -0.1) is 0 Å². The fourth-order valence-electron chi connectivity index (χ4n) is 3.42. The summed E-state index contributed by atoms with van der Waals surface area (Å²) in [7, 11) is 0. The highest BCUT2D eigenvalue weighted by Crippen LogP contribution is 2.41. The number of hydrogen-bond donors (Lipinski definition) is 0. The second kappa shape index (κ2) is 4.96. The normalized spacial score (nSPS) is 28.4. The Hall–Kier alpha value is -2.22. The average Bonchev–Trinajstić information content (AvgIpc) is 2.80. The first-order chi connectivity index (χ1) is 10.1. The Morgan fingerprint density at radius 1 is 1.33 bits per heavy atom. The van der Waals surface area contributed by atoms with Crippen LogP contribution in [0, 0.1) is 17.2 Å². The van der Waals surface area contributed by atoms with Crippen LogP contribution in [0.1, 0.15) is 59.7 Å². The fourth-order valence-corrected chi connectivity index (χ4v) is 3.42. The molecule has 0 spiro atoms. The summed E-state index contributed by atoms with van der Waals surface area (Å²) in [4.78, 5) is 30.2. The predicted molar refractivity (Wildman–Crippen MR) is 75.3 cm³/mol. The van der Waals surface area contributed by atoms with Gasteiger partial charge in [0.25, 0.3) is 11.8 Å². The largest absolute Gasteiger partial charge is 0.269 e. The Balaban J connectivity index is 1.96. The Bertz CT molecular complexity index is 604. The lowest BCUT2D eigenvalue weighted by atomic mass is 9.75. The Labute approximate surface area is 123 Å². The molecule has 0 atom stereocenters. The zero-order valence-electron chi connectivity index (χ0n) is 12.0. The van der Waals surface area contributed by atoms with Crippen LogP contribution in [-0.4, -0.2) is 27.2 Å². The first-order valence-corrected chi connectivity index (χ1v) is 7.37. The van der Waals surface area contributed by atoms with Crippen LogP contribution >= 0.6 is 0 Å². The molecule has 5 nitrogen and oxygen atoms in total. The molecule has 2 heterocycles. The summed E-state index contributed by atoms with van der Waals surface area (Å²) in [6.45, 7) is 2.14. The van der Waals surface area contributed by atoms with Gasteiger partial charge in [-0.3, -0.25) is 19.5 Å². The van der Waals surface area contributed by atoms with Gasteiger partial charge in [-0.1, -0.05) is 13.3 Å². The fraction of sp³-hybridized carbons (Fsp3) is 0.500. The third-order valence-corrected chi connectivity index (χ3v) is 4.83. The predicted octanol–water partition coefficient (Wildman–Crippen LogP) is 2.54. The van der Waals surface area contributed by atoms with E-state index in [2.05, 4.69) is 18.0 Å². The van der Waals surface area contributed by atoms with Gasteiger partial charge in [-0.2, -0.15) is 5.26 Å². The second-order valence-electron chi connectivity index (χ2n) is 5.86. The van der Waals surface area contributed by atoms with Crippen LogP contribution in [0.15, 0.2) is 18.5 Å². The standard InChI is InChI=1S/C16H17N3O2/c1-2-11-3-6-16(10-17,7-4-11)19-14(20)12-5-8-18-9-13(12)15(19)21/h5,8-9,11H,2-4,6-7H2,1H3. The highest BCUT2D eigenvalue weighted by Gasteiger charge is 2.50. The number of fused-ring (bicyclic) bond motifs is 1. The van der Waals surface area contributed by atoms with Crippen molar-refractivity contribution < 1.29 is 9.59 Å². The van der Waals surface area contributed by atoms with Gasteiger partial charge in [0.15, 0.2) is 0 Å².